The lowest BCUT2D eigenvalue weighted by atomic mass is 10.1. The average molecular weight is 341 g/mol. The number of anilines is 2. The molecule has 0 saturated carbocycles. The zero-order chi connectivity index (χ0) is 16.8. The van der Waals surface area contributed by atoms with E-state index < -0.39 is 11.8 Å². The molecule has 6 heteroatoms. The van der Waals surface area contributed by atoms with Gasteiger partial charge in [0.25, 0.3) is 11.8 Å². The van der Waals surface area contributed by atoms with Crippen molar-refractivity contribution >= 4 is 40.7 Å². The smallest absolute Gasteiger partial charge is 0.266 e. The largest absolute Gasteiger partial charge is 0.312 e. The van der Waals surface area contributed by atoms with E-state index in [9.17, 15) is 14.4 Å². The molecule has 1 fully saturated rings. The number of halogens is 1. The van der Waals surface area contributed by atoms with Crippen LogP contribution in [0.5, 0.6) is 0 Å². The van der Waals surface area contributed by atoms with E-state index >= 15 is 0 Å². The number of rotatable bonds is 2. The van der Waals surface area contributed by atoms with Crippen LogP contribution >= 0.6 is 11.6 Å². The van der Waals surface area contributed by atoms with Gasteiger partial charge in [-0.25, -0.2) is 4.90 Å². The van der Waals surface area contributed by atoms with Crippen LogP contribution in [0, 0.1) is 0 Å². The van der Waals surface area contributed by atoms with Gasteiger partial charge in [-0.05, 0) is 36.8 Å². The molecule has 5 nitrogen and oxygen atoms in total. The van der Waals surface area contributed by atoms with E-state index in [0.717, 1.165) is 11.3 Å². The second-order valence-corrected chi connectivity index (χ2v) is 6.18. The molecule has 3 amide bonds. The first-order valence-corrected chi connectivity index (χ1v) is 8.03. The molecule has 0 spiro atoms. The summed E-state index contributed by atoms with van der Waals surface area (Å²) >= 11 is 6.24. The highest BCUT2D eigenvalue weighted by atomic mass is 35.5. The van der Waals surface area contributed by atoms with Gasteiger partial charge < -0.3 is 4.90 Å². The SMILES string of the molecule is O=C1CCCN1c1ccc(Cl)c(N2C(=O)c3ccccc3C2=O)c1. The summed E-state index contributed by atoms with van der Waals surface area (Å²) in [6.07, 6.45) is 1.30. The molecule has 2 aliphatic rings. The van der Waals surface area contributed by atoms with Crippen molar-refractivity contribution in [3.63, 3.8) is 0 Å². The summed E-state index contributed by atoms with van der Waals surface area (Å²) in [6, 6.07) is 11.7. The van der Waals surface area contributed by atoms with E-state index in [4.69, 9.17) is 11.6 Å². The summed E-state index contributed by atoms with van der Waals surface area (Å²) in [6.45, 7) is 0.627. The number of nitrogens with zero attached hydrogens (tertiary/aromatic N) is 2. The van der Waals surface area contributed by atoms with Crippen molar-refractivity contribution in [2.45, 2.75) is 12.8 Å². The van der Waals surface area contributed by atoms with Crippen LogP contribution in [0.1, 0.15) is 33.6 Å². The topological polar surface area (TPSA) is 57.7 Å². The molecular formula is C18H13ClN2O3. The number of carbonyl (C=O) groups excluding carboxylic acids is 3. The van der Waals surface area contributed by atoms with Crippen LogP contribution in [0.2, 0.25) is 5.02 Å². The predicted octanol–water partition coefficient (Wildman–Crippen LogP) is 3.27. The molecular weight excluding hydrogens is 328 g/mol. The van der Waals surface area contributed by atoms with Crippen LogP contribution in [0.4, 0.5) is 11.4 Å². The highest BCUT2D eigenvalue weighted by Crippen LogP contribution is 2.36. The van der Waals surface area contributed by atoms with Crippen LogP contribution in [-0.4, -0.2) is 24.3 Å². The first kappa shape index (κ1) is 14.9. The zero-order valence-corrected chi connectivity index (χ0v) is 13.4. The summed E-state index contributed by atoms with van der Waals surface area (Å²) in [5.74, 6) is -0.768. The molecule has 2 aliphatic heterocycles. The number of benzene rings is 2. The van der Waals surface area contributed by atoms with Gasteiger partial charge in [0.05, 0.1) is 21.8 Å². The van der Waals surface area contributed by atoms with E-state index in [1.807, 2.05) is 0 Å². The number of hydrogen-bond donors (Lipinski definition) is 0. The lowest BCUT2D eigenvalue weighted by Crippen LogP contribution is -2.30. The Kier molecular flexibility index (Phi) is 3.39. The summed E-state index contributed by atoms with van der Waals surface area (Å²) in [7, 11) is 0. The van der Waals surface area contributed by atoms with Crippen molar-refractivity contribution < 1.29 is 14.4 Å². The Bertz CT molecular complexity index is 859. The number of imide groups is 1. The molecule has 0 bridgehead atoms. The van der Waals surface area contributed by atoms with E-state index in [0.29, 0.717) is 40.5 Å². The molecule has 2 heterocycles. The zero-order valence-electron chi connectivity index (χ0n) is 12.7. The van der Waals surface area contributed by atoms with Crippen LogP contribution in [0.3, 0.4) is 0 Å². The maximum atomic E-state index is 12.6. The van der Waals surface area contributed by atoms with Crippen molar-refractivity contribution in [3.8, 4) is 0 Å². The molecule has 2 aromatic rings. The Balaban J connectivity index is 1.79. The lowest BCUT2D eigenvalue weighted by molar-refractivity contribution is -0.117. The van der Waals surface area contributed by atoms with E-state index in [1.54, 1.807) is 47.4 Å². The number of fused-ring (bicyclic) bond motifs is 1. The van der Waals surface area contributed by atoms with Gasteiger partial charge in [-0.15, -0.1) is 0 Å². The van der Waals surface area contributed by atoms with E-state index in [1.165, 1.54) is 0 Å². The molecule has 2 aromatic carbocycles. The van der Waals surface area contributed by atoms with Crippen molar-refractivity contribution in [3.05, 3.63) is 58.6 Å². The van der Waals surface area contributed by atoms with Crippen molar-refractivity contribution in [2.75, 3.05) is 16.3 Å². The lowest BCUT2D eigenvalue weighted by Gasteiger charge is -2.20. The molecule has 0 aromatic heterocycles. The Morgan fingerprint density at radius 3 is 2.17 bits per heavy atom. The third kappa shape index (κ3) is 2.12. The Hall–Kier alpha value is -2.66. The normalized spacial score (nSPS) is 17.0. The van der Waals surface area contributed by atoms with E-state index in [2.05, 4.69) is 0 Å². The van der Waals surface area contributed by atoms with Crippen LogP contribution in [0.15, 0.2) is 42.5 Å². The van der Waals surface area contributed by atoms with Crippen molar-refractivity contribution in [2.24, 2.45) is 0 Å². The minimum Gasteiger partial charge on any atom is -0.312 e. The summed E-state index contributed by atoms with van der Waals surface area (Å²) in [5, 5.41) is 0.292. The van der Waals surface area contributed by atoms with Gasteiger partial charge in [0.15, 0.2) is 0 Å². The number of hydrogen-bond acceptors (Lipinski definition) is 3. The highest BCUT2D eigenvalue weighted by Gasteiger charge is 2.37. The minimum absolute atomic E-state index is 0.0330. The summed E-state index contributed by atoms with van der Waals surface area (Å²) < 4.78 is 0. The number of carbonyl (C=O) groups is 3. The standard InChI is InChI=1S/C18H13ClN2O3/c19-14-8-7-11(20-9-3-6-16(20)22)10-15(14)21-17(23)12-4-1-2-5-13(12)18(21)24/h1-2,4-5,7-8,10H,3,6,9H2. The van der Waals surface area contributed by atoms with Gasteiger partial charge in [0, 0.05) is 18.7 Å². The first-order chi connectivity index (χ1) is 11.6. The number of amides is 3. The van der Waals surface area contributed by atoms with Crippen LogP contribution in [0.25, 0.3) is 0 Å². The minimum atomic E-state index is -0.401. The van der Waals surface area contributed by atoms with Gasteiger partial charge in [-0.1, -0.05) is 23.7 Å². The Morgan fingerprint density at radius 1 is 0.917 bits per heavy atom. The average Bonchev–Trinajstić information content (AvgIpc) is 3.12. The molecule has 4 rings (SSSR count). The molecule has 0 radical (unpaired) electrons. The van der Waals surface area contributed by atoms with Crippen LogP contribution in [-0.2, 0) is 4.79 Å². The fourth-order valence-electron chi connectivity index (χ4n) is 3.17. The summed E-state index contributed by atoms with van der Waals surface area (Å²) in [5.41, 5.74) is 1.68. The molecule has 24 heavy (non-hydrogen) atoms. The first-order valence-electron chi connectivity index (χ1n) is 7.65. The predicted molar refractivity (Wildman–Crippen MR) is 90.6 cm³/mol. The summed E-state index contributed by atoms with van der Waals surface area (Å²) in [4.78, 5) is 39.9. The van der Waals surface area contributed by atoms with Crippen molar-refractivity contribution in [1.29, 1.82) is 0 Å². The fraction of sp³-hybridized carbons (Fsp3) is 0.167. The maximum absolute atomic E-state index is 12.6. The van der Waals surface area contributed by atoms with Gasteiger partial charge >= 0.3 is 0 Å². The molecule has 0 atom stereocenters. The molecule has 0 unspecified atom stereocenters. The van der Waals surface area contributed by atoms with Gasteiger partial charge in [-0.2, -0.15) is 0 Å². The van der Waals surface area contributed by atoms with E-state index in [-0.39, 0.29) is 5.91 Å². The fourth-order valence-corrected chi connectivity index (χ4v) is 3.37. The van der Waals surface area contributed by atoms with Crippen molar-refractivity contribution in [1.82, 2.24) is 0 Å². The second-order valence-electron chi connectivity index (χ2n) is 5.78. The Morgan fingerprint density at radius 2 is 1.58 bits per heavy atom. The van der Waals surface area contributed by atoms with Gasteiger partial charge in [0.2, 0.25) is 5.91 Å². The van der Waals surface area contributed by atoms with Gasteiger partial charge in [-0.3, -0.25) is 14.4 Å². The molecule has 0 N–H and O–H groups in total. The molecule has 1 saturated heterocycles. The van der Waals surface area contributed by atoms with Crippen LogP contribution < -0.4 is 9.80 Å². The maximum Gasteiger partial charge on any atom is 0.266 e. The van der Waals surface area contributed by atoms with Gasteiger partial charge in [0.1, 0.15) is 0 Å². The highest BCUT2D eigenvalue weighted by molar-refractivity contribution is 6.40. The quantitative estimate of drug-likeness (QED) is 0.788. The second kappa shape index (κ2) is 5.46. The third-order valence-corrected chi connectivity index (χ3v) is 4.67. The molecule has 120 valence electrons. The monoisotopic (exact) mass is 340 g/mol. The third-order valence-electron chi connectivity index (χ3n) is 4.35. The molecule has 0 aliphatic carbocycles. The Labute approximate surface area is 143 Å².